The van der Waals surface area contributed by atoms with Gasteiger partial charge in [-0.1, -0.05) is 0 Å². The van der Waals surface area contributed by atoms with Crippen LogP contribution in [0.2, 0.25) is 0 Å². The number of unbranched alkanes of at least 4 members (excludes halogenated alkanes) is 2. The van der Waals surface area contributed by atoms with E-state index in [9.17, 15) is 9.90 Å². The first kappa shape index (κ1) is 13.4. The van der Waals surface area contributed by atoms with E-state index >= 15 is 0 Å². The first-order chi connectivity index (χ1) is 6.39. The first-order valence-corrected chi connectivity index (χ1v) is 4.98. The number of hydrogen-bond donors (Lipinski definition) is 2. The molecule has 0 aliphatic rings. The van der Waals surface area contributed by atoms with Crippen LogP contribution in [0.1, 0.15) is 33.1 Å². The van der Waals surface area contributed by atoms with Gasteiger partial charge in [0.25, 0.3) is 5.91 Å². The third-order valence-corrected chi connectivity index (χ3v) is 2.02. The fourth-order valence-corrected chi connectivity index (χ4v) is 1.21. The van der Waals surface area contributed by atoms with Crippen LogP contribution in [0, 0.1) is 0 Å². The molecule has 1 amide bonds. The van der Waals surface area contributed by atoms with Gasteiger partial charge in [0.2, 0.25) is 0 Å². The predicted octanol–water partition coefficient (Wildman–Crippen LogP) is 0.378. The van der Waals surface area contributed by atoms with Crippen LogP contribution in [0.3, 0.4) is 0 Å². The molecule has 0 radical (unpaired) electrons. The summed E-state index contributed by atoms with van der Waals surface area (Å²) < 4.78 is 0. The van der Waals surface area contributed by atoms with Crippen molar-refractivity contribution in [3.63, 3.8) is 0 Å². The Morgan fingerprint density at radius 2 is 1.86 bits per heavy atom. The van der Waals surface area contributed by atoms with Gasteiger partial charge in [0.1, 0.15) is 5.60 Å². The van der Waals surface area contributed by atoms with Gasteiger partial charge in [0, 0.05) is 20.2 Å². The lowest BCUT2D eigenvalue weighted by molar-refractivity contribution is -0.146. The van der Waals surface area contributed by atoms with Crippen molar-refractivity contribution in [1.82, 2.24) is 4.90 Å². The maximum atomic E-state index is 11.5. The van der Waals surface area contributed by atoms with E-state index in [2.05, 4.69) is 0 Å². The molecule has 0 rings (SSSR count). The van der Waals surface area contributed by atoms with E-state index in [1.165, 1.54) is 18.7 Å². The standard InChI is InChI=1S/C10H21NO3/c1-10(2,14)9(13)11(3)7-5-4-6-8-12/h12,14H,4-8H2,1-3H3. The van der Waals surface area contributed by atoms with Gasteiger partial charge in [0.05, 0.1) is 0 Å². The quantitative estimate of drug-likeness (QED) is 0.613. The minimum Gasteiger partial charge on any atom is -0.396 e. The molecule has 0 aliphatic heterocycles. The highest BCUT2D eigenvalue weighted by molar-refractivity contribution is 5.83. The van der Waals surface area contributed by atoms with Gasteiger partial charge in [-0.2, -0.15) is 0 Å². The second kappa shape index (κ2) is 5.98. The van der Waals surface area contributed by atoms with Crippen molar-refractivity contribution in [1.29, 1.82) is 0 Å². The zero-order chi connectivity index (χ0) is 11.2. The molecule has 0 atom stereocenters. The smallest absolute Gasteiger partial charge is 0.253 e. The van der Waals surface area contributed by atoms with Gasteiger partial charge < -0.3 is 15.1 Å². The highest BCUT2D eigenvalue weighted by Gasteiger charge is 2.26. The summed E-state index contributed by atoms with van der Waals surface area (Å²) in [5.74, 6) is -0.263. The Labute approximate surface area is 85.5 Å². The average Bonchev–Trinajstić information content (AvgIpc) is 2.09. The van der Waals surface area contributed by atoms with Gasteiger partial charge >= 0.3 is 0 Å². The van der Waals surface area contributed by atoms with Gasteiger partial charge in [0.15, 0.2) is 0 Å². The molecule has 0 bridgehead atoms. The molecule has 0 aromatic rings. The normalized spacial score (nSPS) is 11.5. The van der Waals surface area contributed by atoms with Crippen LogP contribution in [0.25, 0.3) is 0 Å². The van der Waals surface area contributed by atoms with E-state index < -0.39 is 5.60 Å². The van der Waals surface area contributed by atoms with Gasteiger partial charge in [-0.05, 0) is 33.1 Å². The summed E-state index contributed by atoms with van der Waals surface area (Å²) in [5.41, 5.74) is -1.29. The van der Waals surface area contributed by atoms with Crippen molar-refractivity contribution < 1.29 is 15.0 Å². The number of likely N-dealkylation sites (N-methyl/N-ethyl adjacent to an activating group) is 1. The Bertz CT molecular complexity index is 175. The molecule has 4 nitrogen and oxygen atoms in total. The summed E-state index contributed by atoms with van der Waals surface area (Å²) >= 11 is 0. The van der Waals surface area contributed by atoms with Crippen LogP contribution in [0.15, 0.2) is 0 Å². The van der Waals surface area contributed by atoms with Crippen molar-refractivity contribution in [2.75, 3.05) is 20.2 Å². The van der Waals surface area contributed by atoms with E-state index in [1.54, 1.807) is 7.05 Å². The highest BCUT2D eigenvalue weighted by atomic mass is 16.3. The number of amides is 1. The SMILES string of the molecule is CN(CCCCCO)C(=O)C(C)(C)O. The Morgan fingerprint density at radius 3 is 2.29 bits per heavy atom. The molecule has 0 saturated heterocycles. The van der Waals surface area contributed by atoms with Crippen LogP contribution >= 0.6 is 0 Å². The zero-order valence-corrected chi connectivity index (χ0v) is 9.29. The Hall–Kier alpha value is -0.610. The molecule has 2 N–H and O–H groups in total. The lowest BCUT2D eigenvalue weighted by Gasteiger charge is -2.24. The molecular formula is C10H21NO3. The fraction of sp³-hybridized carbons (Fsp3) is 0.900. The largest absolute Gasteiger partial charge is 0.396 e. The Morgan fingerprint density at radius 1 is 1.29 bits per heavy atom. The molecule has 0 saturated carbocycles. The number of carbonyl (C=O) groups excluding carboxylic acids is 1. The van der Waals surface area contributed by atoms with Crippen LogP contribution in [0.5, 0.6) is 0 Å². The van der Waals surface area contributed by atoms with E-state index in [0.717, 1.165) is 19.3 Å². The van der Waals surface area contributed by atoms with Gasteiger partial charge in [-0.15, -0.1) is 0 Å². The molecule has 0 aromatic carbocycles. The lowest BCUT2D eigenvalue weighted by Crippen LogP contribution is -2.43. The summed E-state index contributed by atoms with van der Waals surface area (Å²) in [4.78, 5) is 13.0. The zero-order valence-electron chi connectivity index (χ0n) is 9.29. The van der Waals surface area contributed by atoms with Crippen molar-refractivity contribution in [3.8, 4) is 0 Å². The maximum Gasteiger partial charge on any atom is 0.253 e. The summed E-state index contributed by atoms with van der Waals surface area (Å²) in [6.45, 7) is 3.80. The Balaban J connectivity index is 3.74. The Kier molecular flexibility index (Phi) is 5.72. The van der Waals surface area contributed by atoms with Crippen molar-refractivity contribution in [2.45, 2.75) is 38.7 Å². The number of carbonyl (C=O) groups is 1. The molecule has 0 aliphatic carbocycles. The van der Waals surface area contributed by atoms with Crippen LogP contribution < -0.4 is 0 Å². The molecule has 0 aromatic heterocycles. The molecule has 4 heteroatoms. The third kappa shape index (κ3) is 5.19. The van der Waals surface area contributed by atoms with Gasteiger partial charge in [-0.25, -0.2) is 0 Å². The lowest BCUT2D eigenvalue weighted by atomic mass is 10.1. The molecule has 0 fully saturated rings. The first-order valence-electron chi connectivity index (χ1n) is 4.98. The van der Waals surface area contributed by atoms with Crippen LogP contribution in [0.4, 0.5) is 0 Å². The van der Waals surface area contributed by atoms with Gasteiger partial charge in [-0.3, -0.25) is 4.79 Å². The summed E-state index contributed by atoms with van der Waals surface area (Å²) in [6, 6.07) is 0. The molecular weight excluding hydrogens is 182 g/mol. The van der Waals surface area contributed by atoms with Crippen molar-refractivity contribution in [2.24, 2.45) is 0 Å². The predicted molar refractivity (Wildman–Crippen MR) is 54.9 cm³/mol. The minimum atomic E-state index is -1.29. The van der Waals surface area contributed by atoms with Crippen molar-refractivity contribution in [3.05, 3.63) is 0 Å². The van der Waals surface area contributed by atoms with E-state index in [-0.39, 0.29) is 12.5 Å². The van der Waals surface area contributed by atoms with E-state index in [1.807, 2.05) is 0 Å². The van der Waals surface area contributed by atoms with Crippen LogP contribution in [-0.4, -0.2) is 46.8 Å². The molecule has 0 heterocycles. The average molecular weight is 203 g/mol. The molecule has 0 spiro atoms. The number of nitrogens with zero attached hydrogens (tertiary/aromatic N) is 1. The second-order valence-electron chi connectivity index (χ2n) is 4.07. The monoisotopic (exact) mass is 203 g/mol. The molecule has 0 unspecified atom stereocenters. The third-order valence-electron chi connectivity index (χ3n) is 2.02. The maximum absolute atomic E-state index is 11.5. The highest BCUT2D eigenvalue weighted by Crippen LogP contribution is 2.07. The van der Waals surface area contributed by atoms with Crippen molar-refractivity contribution >= 4 is 5.91 Å². The van der Waals surface area contributed by atoms with Crippen LogP contribution in [-0.2, 0) is 4.79 Å². The number of hydrogen-bond acceptors (Lipinski definition) is 3. The molecule has 14 heavy (non-hydrogen) atoms. The summed E-state index contributed by atoms with van der Waals surface area (Å²) in [5, 5.41) is 18.0. The fourth-order valence-electron chi connectivity index (χ4n) is 1.21. The number of aliphatic hydroxyl groups excluding tert-OH is 1. The van der Waals surface area contributed by atoms with E-state index in [0.29, 0.717) is 6.54 Å². The number of rotatable bonds is 6. The summed E-state index contributed by atoms with van der Waals surface area (Å²) in [7, 11) is 1.68. The summed E-state index contributed by atoms with van der Waals surface area (Å²) in [6.07, 6.45) is 2.53. The topological polar surface area (TPSA) is 60.8 Å². The second-order valence-corrected chi connectivity index (χ2v) is 4.07. The minimum absolute atomic E-state index is 0.198. The van der Waals surface area contributed by atoms with E-state index in [4.69, 9.17) is 5.11 Å². The number of aliphatic hydroxyl groups is 2. The molecule has 84 valence electrons.